The first-order chi connectivity index (χ1) is 13.2. The van der Waals surface area contributed by atoms with E-state index in [0.29, 0.717) is 18.0 Å². The van der Waals surface area contributed by atoms with Crippen LogP contribution in [-0.2, 0) is 6.54 Å². The minimum Gasteiger partial charge on any atom is -0.504 e. The second-order valence-corrected chi connectivity index (χ2v) is 7.05. The fourth-order valence-corrected chi connectivity index (χ4v) is 3.99. The number of amides is 2. The number of aromatic hydroxyl groups is 1. The van der Waals surface area contributed by atoms with Gasteiger partial charge in [0, 0.05) is 6.07 Å². The molecule has 3 aromatic carbocycles. The second-order valence-electron chi connectivity index (χ2n) is 6.06. The minimum atomic E-state index is -0.143. The van der Waals surface area contributed by atoms with Crippen molar-refractivity contribution in [3.8, 4) is 11.5 Å². The van der Waals surface area contributed by atoms with Gasteiger partial charge in [-0.25, -0.2) is 9.10 Å². The number of phenols is 1. The van der Waals surface area contributed by atoms with Gasteiger partial charge in [0.15, 0.2) is 11.5 Å². The number of nitrogens with zero attached hydrogens (tertiary/aromatic N) is 2. The van der Waals surface area contributed by atoms with E-state index < -0.39 is 0 Å². The Labute approximate surface area is 161 Å². The van der Waals surface area contributed by atoms with Gasteiger partial charge in [-0.3, -0.25) is 4.90 Å². The van der Waals surface area contributed by atoms with Gasteiger partial charge >= 0.3 is 6.03 Å². The zero-order valence-corrected chi connectivity index (χ0v) is 15.5. The molecule has 1 N–H and O–H groups in total. The van der Waals surface area contributed by atoms with Crippen molar-refractivity contribution in [3.05, 3.63) is 78.4 Å². The molecule has 1 aliphatic heterocycles. The Morgan fingerprint density at radius 2 is 1.74 bits per heavy atom. The fourth-order valence-electron chi connectivity index (χ4n) is 2.98. The highest BCUT2D eigenvalue weighted by atomic mass is 32.2. The Bertz CT molecular complexity index is 978. The monoisotopic (exact) mass is 378 g/mol. The molecular weight excluding hydrogens is 360 g/mol. The standard InChI is InChI=1S/C21H18N2O3S/c1-26-19-13-16(11-12-18(19)24)23-21(25)22(14-15-7-3-2-4-8-15)17-9-5-6-10-20(17)27-23/h2-13,24H,14H2,1H3. The van der Waals surface area contributed by atoms with Gasteiger partial charge in [0.2, 0.25) is 0 Å². The molecule has 2 amide bonds. The lowest BCUT2D eigenvalue weighted by molar-refractivity contribution is 0.254. The maximum absolute atomic E-state index is 13.3. The topological polar surface area (TPSA) is 53.0 Å². The van der Waals surface area contributed by atoms with Gasteiger partial charge in [0.1, 0.15) is 0 Å². The molecule has 0 spiro atoms. The summed E-state index contributed by atoms with van der Waals surface area (Å²) < 4.78 is 6.81. The summed E-state index contributed by atoms with van der Waals surface area (Å²) in [4.78, 5) is 16.1. The molecule has 0 aliphatic carbocycles. The Morgan fingerprint density at radius 1 is 1.00 bits per heavy atom. The maximum atomic E-state index is 13.3. The van der Waals surface area contributed by atoms with Crippen molar-refractivity contribution in [3.63, 3.8) is 0 Å². The number of ether oxygens (including phenoxy) is 1. The smallest absolute Gasteiger partial charge is 0.339 e. The Hall–Kier alpha value is -3.12. The molecule has 3 aromatic rings. The van der Waals surface area contributed by atoms with Crippen molar-refractivity contribution in [1.29, 1.82) is 0 Å². The molecule has 0 aromatic heterocycles. The zero-order valence-electron chi connectivity index (χ0n) is 14.7. The summed E-state index contributed by atoms with van der Waals surface area (Å²) in [5.74, 6) is 0.367. The van der Waals surface area contributed by atoms with Crippen LogP contribution in [0.5, 0.6) is 11.5 Å². The van der Waals surface area contributed by atoms with Crippen molar-refractivity contribution in [2.45, 2.75) is 11.4 Å². The van der Waals surface area contributed by atoms with Crippen LogP contribution in [0.4, 0.5) is 16.2 Å². The summed E-state index contributed by atoms with van der Waals surface area (Å²) in [6, 6.07) is 22.5. The normalized spacial score (nSPS) is 13.4. The lowest BCUT2D eigenvalue weighted by Gasteiger charge is -2.36. The van der Waals surface area contributed by atoms with Crippen LogP contribution < -0.4 is 13.9 Å². The third kappa shape index (κ3) is 3.31. The predicted octanol–water partition coefficient (Wildman–Crippen LogP) is 5.05. The molecule has 0 bridgehead atoms. The minimum absolute atomic E-state index is 0.0391. The molecule has 136 valence electrons. The Morgan fingerprint density at radius 3 is 2.52 bits per heavy atom. The van der Waals surface area contributed by atoms with Gasteiger partial charge in [0.05, 0.1) is 29.9 Å². The molecule has 1 heterocycles. The summed E-state index contributed by atoms with van der Waals surface area (Å²) in [5, 5.41) is 9.86. The van der Waals surface area contributed by atoms with E-state index in [1.54, 1.807) is 21.3 Å². The fraction of sp³-hybridized carbons (Fsp3) is 0.0952. The summed E-state index contributed by atoms with van der Waals surface area (Å²) in [5.41, 5.74) is 2.58. The number of benzene rings is 3. The summed E-state index contributed by atoms with van der Waals surface area (Å²) in [6.45, 7) is 0.475. The van der Waals surface area contributed by atoms with Crippen molar-refractivity contribution in [2.75, 3.05) is 16.3 Å². The van der Waals surface area contributed by atoms with Crippen LogP contribution in [0.1, 0.15) is 5.56 Å². The molecule has 5 nitrogen and oxygen atoms in total. The number of methoxy groups -OCH3 is 1. The van der Waals surface area contributed by atoms with Crippen LogP contribution in [-0.4, -0.2) is 18.2 Å². The van der Waals surface area contributed by atoms with Crippen molar-refractivity contribution in [2.24, 2.45) is 0 Å². The summed E-state index contributed by atoms with van der Waals surface area (Å²) in [7, 11) is 1.49. The van der Waals surface area contributed by atoms with Crippen LogP contribution in [0, 0.1) is 0 Å². The van der Waals surface area contributed by atoms with E-state index in [9.17, 15) is 9.90 Å². The lowest BCUT2D eigenvalue weighted by atomic mass is 10.2. The average molecular weight is 378 g/mol. The van der Waals surface area contributed by atoms with Gasteiger partial charge in [-0.05, 0) is 41.8 Å². The largest absolute Gasteiger partial charge is 0.504 e. The molecule has 4 rings (SSSR count). The van der Waals surface area contributed by atoms with Crippen molar-refractivity contribution in [1.82, 2.24) is 0 Å². The molecule has 0 saturated carbocycles. The molecule has 0 unspecified atom stereocenters. The third-order valence-electron chi connectivity index (χ3n) is 4.33. The number of anilines is 2. The number of carbonyl (C=O) groups is 1. The number of hydrogen-bond acceptors (Lipinski definition) is 4. The van der Waals surface area contributed by atoms with E-state index >= 15 is 0 Å². The molecular formula is C21H18N2O3S. The van der Waals surface area contributed by atoms with Gasteiger partial charge in [-0.15, -0.1) is 0 Å². The zero-order chi connectivity index (χ0) is 18.8. The van der Waals surface area contributed by atoms with Gasteiger partial charge in [0.25, 0.3) is 0 Å². The number of rotatable bonds is 4. The highest BCUT2D eigenvalue weighted by Crippen LogP contribution is 2.43. The SMILES string of the molecule is COc1cc(N2Sc3ccccc3N(Cc3ccccc3)C2=O)ccc1O. The lowest BCUT2D eigenvalue weighted by Crippen LogP contribution is -2.42. The highest BCUT2D eigenvalue weighted by Gasteiger charge is 2.32. The molecule has 6 heteroatoms. The number of hydrogen-bond donors (Lipinski definition) is 1. The molecule has 0 radical (unpaired) electrons. The van der Waals surface area contributed by atoms with E-state index in [1.807, 2.05) is 54.6 Å². The average Bonchev–Trinajstić information content (AvgIpc) is 2.71. The molecule has 0 fully saturated rings. The predicted molar refractivity (Wildman–Crippen MR) is 107 cm³/mol. The van der Waals surface area contributed by atoms with Gasteiger partial charge < -0.3 is 9.84 Å². The number of fused-ring (bicyclic) bond motifs is 1. The maximum Gasteiger partial charge on any atom is 0.339 e. The van der Waals surface area contributed by atoms with Crippen molar-refractivity contribution < 1.29 is 14.6 Å². The quantitative estimate of drug-likeness (QED) is 0.645. The van der Waals surface area contributed by atoms with Crippen molar-refractivity contribution >= 4 is 29.4 Å². The van der Waals surface area contributed by atoms with Gasteiger partial charge in [-0.2, -0.15) is 0 Å². The van der Waals surface area contributed by atoms with E-state index in [2.05, 4.69) is 0 Å². The van der Waals surface area contributed by atoms with Gasteiger partial charge in [-0.1, -0.05) is 42.5 Å². The Kier molecular flexibility index (Phi) is 4.64. The number of carbonyl (C=O) groups excluding carboxylic acids is 1. The van der Waals surface area contributed by atoms with Crippen LogP contribution in [0.25, 0.3) is 0 Å². The first-order valence-corrected chi connectivity index (χ1v) is 9.24. The number of para-hydroxylation sites is 1. The van der Waals surface area contributed by atoms with Crippen LogP contribution in [0.2, 0.25) is 0 Å². The molecule has 27 heavy (non-hydrogen) atoms. The second kappa shape index (κ2) is 7.25. The Balaban J connectivity index is 1.74. The summed E-state index contributed by atoms with van der Waals surface area (Å²) in [6.07, 6.45) is 0. The van der Waals surface area contributed by atoms with Crippen LogP contribution >= 0.6 is 11.9 Å². The number of phenolic OH excluding ortho intramolecular Hbond substituents is 1. The van der Waals surface area contributed by atoms with E-state index in [-0.39, 0.29) is 11.8 Å². The first kappa shape index (κ1) is 17.3. The van der Waals surface area contributed by atoms with E-state index in [0.717, 1.165) is 16.1 Å². The molecule has 0 atom stereocenters. The van der Waals surface area contributed by atoms with Crippen LogP contribution in [0.15, 0.2) is 77.7 Å². The highest BCUT2D eigenvalue weighted by molar-refractivity contribution is 8.01. The van der Waals surface area contributed by atoms with E-state index in [1.165, 1.54) is 25.1 Å². The first-order valence-electron chi connectivity index (χ1n) is 8.47. The number of urea groups is 1. The van der Waals surface area contributed by atoms with Crippen LogP contribution in [0.3, 0.4) is 0 Å². The van der Waals surface area contributed by atoms with E-state index in [4.69, 9.17) is 4.74 Å². The molecule has 0 saturated heterocycles. The molecule has 1 aliphatic rings. The summed E-state index contributed by atoms with van der Waals surface area (Å²) >= 11 is 1.36. The third-order valence-corrected chi connectivity index (χ3v) is 5.42.